The summed E-state index contributed by atoms with van der Waals surface area (Å²) in [5.74, 6) is 0.436. The Morgan fingerprint density at radius 1 is 1.35 bits per heavy atom. The standard InChI is InChI=1S/C13H17Cl2NO/c1-16-13-5-6-17-8-9(13)7-10-11(14)3-2-4-12(10)15/h2-4,9,13,16H,5-8H2,1H3/t9-,13-/m0/s1. The lowest BCUT2D eigenvalue weighted by Crippen LogP contribution is -2.42. The van der Waals surface area contributed by atoms with Crippen LogP contribution >= 0.6 is 23.2 Å². The van der Waals surface area contributed by atoms with E-state index in [0.29, 0.717) is 12.0 Å². The van der Waals surface area contributed by atoms with Crippen LogP contribution in [0, 0.1) is 5.92 Å². The summed E-state index contributed by atoms with van der Waals surface area (Å²) < 4.78 is 5.54. The van der Waals surface area contributed by atoms with E-state index in [1.165, 1.54) is 0 Å². The van der Waals surface area contributed by atoms with E-state index in [-0.39, 0.29) is 0 Å². The average molecular weight is 274 g/mol. The van der Waals surface area contributed by atoms with Gasteiger partial charge < -0.3 is 10.1 Å². The summed E-state index contributed by atoms with van der Waals surface area (Å²) in [6.07, 6.45) is 1.91. The van der Waals surface area contributed by atoms with E-state index in [4.69, 9.17) is 27.9 Å². The van der Waals surface area contributed by atoms with Gasteiger partial charge in [-0.1, -0.05) is 29.3 Å². The molecule has 1 N–H and O–H groups in total. The molecule has 0 spiro atoms. The van der Waals surface area contributed by atoms with Gasteiger partial charge in [0.2, 0.25) is 0 Å². The molecule has 1 saturated heterocycles. The zero-order valence-corrected chi connectivity index (χ0v) is 11.4. The van der Waals surface area contributed by atoms with Crippen molar-refractivity contribution in [2.24, 2.45) is 5.92 Å². The minimum Gasteiger partial charge on any atom is -0.381 e. The number of ether oxygens (including phenoxy) is 1. The minimum absolute atomic E-state index is 0.436. The molecule has 94 valence electrons. The number of nitrogens with one attached hydrogen (secondary N) is 1. The molecule has 17 heavy (non-hydrogen) atoms. The van der Waals surface area contributed by atoms with Crippen LogP contribution in [0.1, 0.15) is 12.0 Å². The van der Waals surface area contributed by atoms with Crippen molar-refractivity contribution in [3.63, 3.8) is 0 Å². The lowest BCUT2D eigenvalue weighted by Gasteiger charge is -2.31. The number of hydrogen-bond donors (Lipinski definition) is 1. The van der Waals surface area contributed by atoms with Gasteiger partial charge in [-0.2, -0.15) is 0 Å². The number of benzene rings is 1. The van der Waals surface area contributed by atoms with Crippen molar-refractivity contribution in [1.82, 2.24) is 5.32 Å². The van der Waals surface area contributed by atoms with Crippen LogP contribution in [-0.4, -0.2) is 26.3 Å². The maximum Gasteiger partial charge on any atom is 0.0512 e. The third kappa shape index (κ3) is 3.14. The molecule has 0 aromatic heterocycles. The van der Waals surface area contributed by atoms with Gasteiger partial charge >= 0.3 is 0 Å². The number of hydrogen-bond acceptors (Lipinski definition) is 2. The van der Waals surface area contributed by atoms with Gasteiger partial charge in [0.05, 0.1) is 6.61 Å². The molecule has 0 radical (unpaired) electrons. The Morgan fingerprint density at radius 3 is 2.71 bits per heavy atom. The van der Waals surface area contributed by atoms with Gasteiger partial charge in [-0.25, -0.2) is 0 Å². The Labute approximate surface area is 112 Å². The van der Waals surface area contributed by atoms with Gasteiger partial charge in [0.15, 0.2) is 0 Å². The maximum atomic E-state index is 6.19. The molecule has 0 bridgehead atoms. The summed E-state index contributed by atoms with van der Waals surface area (Å²) in [6, 6.07) is 6.14. The van der Waals surface area contributed by atoms with Gasteiger partial charge in [-0.3, -0.25) is 0 Å². The highest BCUT2D eigenvalue weighted by atomic mass is 35.5. The van der Waals surface area contributed by atoms with Crippen LogP contribution in [0.4, 0.5) is 0 Å². The number of rotatable bonds is 3. The zero-order chi connectivity index (χ0) is 12.3. The SMILES string of the molecule is CN[C@H]1CCOC[C@@H]1Cc1c(Cl)cccc1Cl. The topological polar surface area (TPSA) is 21.3 Å². The van der Waals surface area contributed by atoms with Crippen LogP contribution in [0.15, 0.2) is 18.2 Å². The molecular weight excluding hydrogens is 257 g/mol. The normalized spacial score (nSPS) is 24.9. The second kappa shape index (κ2) is 6.05. The van der Waals surface area contributed by atoms with E-state index < -0.39 is 0 Å². The van der Waals surface area contributed by atoms with E-state index in [1.54, 1.807) is 0 Å². The van der Waals surface area contributed by atoms with Crippen molar-refractivity contribution in [1.29, 1.82) is 0 Å². The van der Waals surface area contributed by atoms with Crippen molar-refractivity contribution < 1.29 is 4.74 Å². The van der Waals surface area contributed by atoms with Crippen LogP contribution in [-0.2, 0) is 11.2 Å². The molecule has 0 saturated carbocycles. The predicted octanol–water partition coefficient (Wildman–Crippen LogP) is 3.16. The molecule has 1 fully saturated rings. The van der Waals surface area contributed by atoms with E-state index in [2.05, 4.69) is 5.32 Å². The fraction of sp³-hybridized carbons (Fsp3) is 0.538. The first-order valence-electron chi connectivity index (χ1n) is 5.90. The summed E-state index contributed by atoms with van der Waals surface area (Å²) in [5.41, 5.74) is 1.03. The van der Waals surface area contributed by atoms with Gasteiger partial charge in [-0.15, -0.1) is 0 Å². The molecule has 0 unspecified atom stereocenters. The van der Waals surface area contributed by atoms with Crippen molar-refractivity contribution >= 4 is 23.2 Å². The molecule has 4 heteroatoms. The Kier molecular flexibility index (Phi) is 4.69. The highest BCUT2D eigenvalue weighted by Gasteiger charge is 2.25. The van der Waals surface area contributed by atoms with E-state index in [0.717, 1.165) is 41.7 Å². The molecular formula is C13H17Cl2NO. The first-order chi connectivity index (χ1) is 8.22. The van der Waals surface area contributed by atoms with E-state index >= 15 is 0 Å². The smallest absolute Gasteiger partial charge is 0.0512 e. The minimum atomic E-state index is 0.436. The second-order valence-corrected chi connectivity index (χ2v) is 5.24. The molecule has 1 aliphatic rings. The average Bonchev–Trinajstić information content (AvgIpc) is 2.34. The summed E-state index contributed by atoms with van der Waals surface area (Å²) in [7, 11) is 2.00. The molecule has 1 aliphatic heterocycles. The molecule has 2 atom stereocenters. The second-order valence-electron chi connectivity index (χ2n) is 4.42. The quantitative estimate of drug-likeness (QED) is 0.914. The summed E-state index contributed by atoms with van der Waals surface area (Å²) in [4.78, 5) is 0. The molecule has 1 heterocycles. The Morgan fingerprint density at radius 2 is 2.06 bits per heavy atom. The number of halogens is 2. The first-order valence-corrected chi connectivity index (χ1v) is 6.66. The summed E-state index contributed by atoms with van der Waals surface area (Å²) >= 11 is 12.4. The first kappa shape index (κ1) is 13.2. The molecule has 2 nitrogen and oxygen atoms in total. The third-order valence-corrected chi connectivity index (χ3v) is 4.08. The Hall–Kier alpha value is -0.280. The van der Waals surface area contributed by atoms with Crippen LogP contribution in [0.3, 0.4) is 0 Å². The van der Waals surface area contributed by atoms with Crippen LogP contribution in [0.25, 0.3) is 0 Å². The van der Waals surface area contributed by atoms with Crippen molar-refractivity contribution in [2.75, 3.05) is 20.3 Å². The van der Waals surface area contributed by atoms with E-state index in [9.17, 15) is 0 Å². The highest BCUT2D eigenvalue weighted by Crippen LogP contribution is 2.29. The van der Waals surface area contributed by atoms with Crippen molar-refractivity contribution in [2.45, 2.75) is 18.9 Å². The predicted molar refractivity (Wildman–Crippen MR) is 71.9 cm³/mol. The van der Waals surface area contributed by atoms with Gasteiger partial charge in [0.1, 0.15) is 0 Å². The van der Waals surface area contributed by atoms with Crippen molar-refractivity contribution in [3.05, 3.63) is 33.8 Å². The van der Waals surface area contributed by atoms with E-state index in [1.807, 2.05) is 25.2 Å². The maximum absolute atomic E-state index is 6.19. The third-order valence-electron chi connectivity index (χ3n) is 3.37. The highest BCUT2D eigenvalue weighted by molar-refractivity contribution is 6.35. The molecule has 0 aliphatic carbocycles. The van der Waals surface area contributed by atoms with Crippen LogP contribution in [0.5, 0.6) is 0 Å². The van der Waals surface area contributed by atoms with Crippen LogP contribution in [0.2, 0.25) is 10.0 Å². The molecule has 1 aromatic rings. The fourth-order valence-corrected chi connectivity index (χ4v) is 2.92. The molecule has 0 amide bonds. The molecule has 2 rings (SSSR count). The van der Waals surface area contributed by atoms with Gasteiger partial charge in [-0.05, 0) is 37.6 Å². The monoisotopic (exact) mass is 273 g/mol. The van der Waals surface area contributed by atoms with Gasteiger partial charge in [0, 0.05) is 28.6 Å². The lowest BCUT2D eigenvalue weighted by molar-refractivity contribution is 0.0342. The fourth-order valence-electron chi connectivity index (χ4n) is 2.37. The zero-order valence-electron chi connectivity index (χ0n) is 9.88. The van der Waals surface area contributed by atoms with Crippen molar-refractivity contribution in [3.8, 4) is 0 Å². The Bertz CT molecular complexity index is 363. The van der Waals surface area contributed by atoms with Crippen LogP contribution < -0.4 is 5.32 Å². The lowest BCUT2D eigenvalue weighted by atomic mass is 9.89. The molecule has 1 aromatic carbocycles. The van der Waals surface area contributed by atoms with Gasteiger partial charge in [0.25, 0.3) is 0 Å². The summed E-state index contributed by atoms with van der Waals surface area (Å²) in [6.45, 7) is 1.60. The Balaban J connectivity index is 2.13. The summed E-state index contributed by atoms with van der Waals surface area (Å²) in [5, 5.41) is 4.84. The largest absolute Gasteiger partial charge is 0.381 e.